The van der Waals surface area contributed by atoms with Crippen LogP contribution in [0.4, 0.5) is 5.95 Å². The summed E-state index contributed by atoms with van der Waals surface area (Å²) >= 11 is 5.83. The highest BCUT2D eigenvalue weighted by Crippen LogP contribution is 2.22. The Kier molecular flexibility index (Phi) is 2.45. The molecule has 7 heteroatoms. The Hall–Kier alpha value is -1.40. The summed E-state index contributed by atoms with van der Waals surface area (Å²) in [5, 5.41) is 9.87. The SMILES string of the molecule is CCC(O)n1cnc2c(Cl)nc(N)nc21. The molecule has 0 radical (unpaired) electrons. The Morgan fingerprint density at radius 3 is 3.00 bits per heavy atom. The van der Waals surface area contributed by atoms with Crippen LogP contribution in [-0.2, 0) is 0 Å². The number of imidazole rings is 1. The first kappa shape index (κ1) is 10.1. The van der Waals surface area contributed by atoms with E-state index in [-0.39, 0.29) is 11.1 Å². The molecule has 1 atom stereocenters. The molecule has 0 aliphatic heterocycles. The first-order valence-corrected chi connectivity index (χ1v) is 4.85. The Morgan fingerprint density at radius 1 is 1.60 bits per heavy atom. The molecule has 0 amide bonds. The monoisotopic (exact) mass is 227 g/mol. The van der Waals surface area contributed by atoms with Gasteiger partial charge in [-0.1, -0.05) is 18.5 Å². The standard InChI is InChI=1S/C8H10ClN5O/c1-2-4(15)14-3-11-5-6(9)12-8(10)13-7(5)14/h3-4,15H,2H2,1H3,(H2,10,12,13). The zero-order chi connectivity index (χ0) is 11.0. The molecule has 0 aromatic carbocycles. The van der Waals surface area contributed by atoms with Gasteiger partial charge in [0.15, 0.2) is 10.8 Å². The van der Waals surface area contributed by atoms with Gasteiger partial charge in [0, 0.05) is 0 Å². The van der Waals surface area contributed by atoms with Crippen molar-refractivity contribution >= 4 is 28.7 Å². The number of hydrogen-bond donors (Lipinski definition) is 2. The van der Waals surface area contributed by atoms with Gasteiger partial charge in [0.25, 0.3) is 0 Å². The minimum absolute atomic E-state index is 0.0672. The number of rotatable bonds is 2. The number of nitrogens with zero attached hydrogens (tertiary/aromatic N) is 4. The lowest BCUT2D eigenvalue weighted by atomic mass is 10.4. The average molecular weight is 228 g/mol. The van der Waals surface area contributed by atoms with Crippen LogP contribution in [0.3, 0.4) is 0 Å². The molecule has 80 valence electrons. The van der Waals surface area contributed by atoms with Crippen LogP contribution in [-0.4, -0.2) is 24.6 Å². The van der Waals surface area contributed by atoms with Crippen LogP contribution in [0.5, 0.6) is 0 Å². The van der Waals surface area contributed by atoms with Gasteiger partial charge >= 0.3 is 0 Å². The molecule has 0 fully saturated rings. The summed E-state index contributed by atoms with van der Waals surface area (Å²) < 4.78 is 1.51. The van der Waals surface area contributed by atoms with Crippen molar-refractivity contribution in [1.82, 2.24) is 19.5 Å². The Labute approximate surface area is 90.7 Å². The maximum absolute atomic E-state index is 9.68. The molecule has 2 aromatic heterocycles. The molecule has 0 bridgehead atoms. The lowest BCUT2D eigenvalue weighted by Gasteiger charge is -2.09. The van der Waals surface area contributed by atoms with E-state index in [1.807, 2.05) is 6.92 Å². The van der Waals surface area contributed by atoms with Gasteiger partial charge in [-0.3, -0.25) is 4.57 Å². The van der Waals surface area contributed by atoms with Crippen LogP contribution in [0.2, 0.25) is 5.15 Å². The van der Waals surface area contributed by atoms with Crippen molar-refractivity contribution in [3.63, 3.8) is 0 Å². The maximum Gasteiger partial charge on any atom is 0.223 e. The molecule has 2 rings (SSSR count). The first-order valence-electron chi connectivity index (χ1n) is 4.47. The molecule has 0 aliphatic rings. The molecule has 6 nitrogen and oxygen atoms in total. The van der Waals surface area contributed by atoms with Crippen molar-refractivity contribution in [1.29, 1.82) is 0 Å². The van der Waals surface area contributed by atoms with Crippen molar-refractivity contribution in [2.75, 3.05) is 5.73 Å². The summed E-state index contributed by atoms with van der Waals surface area (Å²) in [6, 6.07) is 0. The topological polar surface area (TPSA) is 89.8 Å². The average Bonchev–Trinajstić information content (AvgIpc) is 2.60. The predicted molar refractivity (Wildman–Crippen MR) is 56.3 cm³/mol. The molecular formula is C8H10ClN5O. The van der Waals surface area contributed by atoms with Crippen molar-refractivity contribution in [3.8, 4) is 0 Å². The molecule has 0 spiro atoms. The molecule has 2 aromatic rings. The molecule has 1 unspecified atom stereocenters. The second kappa shape index (κ2) is 3.63. The summed E-state index contributed by atoms with van der Waals surface area (Å²) in [7, 11) is 0. The van der Waals surface area contributed by atoms with Gasteiger partial charge in [0.05, 0.1) is 6.33 Å². The molecule has 3 N–H and O–H groups in total. The Balaban J connectivity index is 2.68. The van der Waals surface area contributed by atoms with Gasteiger partial charge in [0.1, 0.15) is 11.7 Å². The quantitative estimate of drug-likeness (QED) is 0.746. The first-order chi connectivity index (χ1) is 7.13. The second-order valence-electron chi connectivity index (χ2n) is 3.09. The van der Waals surface area contributed by atoms with E-state index < -0.39 is 6.23 Å². The second-order valence-corrected chi connectivity index (χ2v) is 3.44. The molecule has 0 aliphatic carbocycles. The minimum Gasteiger partial charge on any atom is -0.373 e. The van der Waals surface area contributed by atoms with Crippen molar-refractivity contribution in [2.24, 2.45) is 0 Å². The number of fused-ring (bicyclic) bond motifs is 1. The summed E-state index contributed by atoms with van der Waals surface area (Å²) in [6.45, 7) is 1.85. The van der Waals surface area contributed by atoms with Gasteiger partial charge in [-0.25, -0.2) is 4.98 Å². The fraction of sp³-hybridized carbons (Fsp3) is 0.375. The third kappa shape index (κ3) is 1.62. The highest BCUT2D eigenvalue weighted by Gasteiger charge is 2.14. The molecule has 15 heavy (non-hydrogen) atoms. The van der Waals surface area contributed by atoms with E-state index in [1.54, 1.807) is 0 Å². The zero-order valence-electron chi connectivity index (χ0n) is 8.05. The summed E-state index contributed by atoms with van der Waals surface area (Å²) in [5.74, 6) is 0.0672. The molecule has 0 saturated heterocycles. The lowest BCUT2D eigenvalue weighted by Crippen LogP contribution is -2.07. The molecular weight excluding hydrogens is 218 g/mol. The van der Waals surface area contributed by atoms with Crippen molar-refractivity contribution in [2.45, 2.75) is 19.6 Å². The summed E-state index contributed by atoms with van der Waals surface area (Å²) in [6.07, 6.45) is 1.34. The van der Waals surface area contributed by atoms with Crippen LogP contribution in [0.1, 0.15) is 19.6 Å². The normalized spacial score (nSPS) is 13.3. The van der Waals surface area contributed by atoms with Gasteiger partial charge in [-0.05, 0) is 6.42 Å². The van der Waals surface area contributed by atoms with E-state index in [9.17, 15) is 5.11 Å². The highest BCUT2D eigenvalue weighted by atomic mass is 35.5. The van der Waals surface area contributed by atoms with Gasteiger partial charge in [0.2, 0.25) is 5.95 Å². The van der Waals surface area contributed by atoms with Crippen molar-refractivity contribution in [3.05, 3.63) is 11.5 Å². The summed E-state index contributed by atoms with van der Waals surface area (Å²) in [4.78, 5) is 11.8. The molecule has 0 saturated carbocycles. The van der Waals surface area contributed by atoms with E-state index in [1.165, 1.54) is 10.9 Å². The van der Waals surface area contributed by atoms with Crippen LogP contribution < -0.4 is 5.73 Å². The van der Waals surface area contributed by atoms with E-state index in [4.69, 9.17) is 17.3 Å². The number of anilines is 1. The van der Waals surface area contributed by atoms with Crippen LogP contribution >= 0.6 is 11.6 Å². The summed E-state index contributed by atoms with van der Waals surface area (Å²) in [5.41, 5.74) is 6.35. The van der Waals surface area contributed by atoms with Gasteiger partial charge in [-0.15, -0.1) is 0 Å². The maximum atomic E-state index is 9.68. The third-order valence-corrected chi connectivity index (χ3v) is 2.35. The zero-order valence-corrected chi connectivity index (χ0v) is 8.81. The fourth-order valence-electron chi connectivity index (χ4n) is 1.31. The van der Waals surface area contributed by atoms with E-state index in [2.05, 4.69) is 15.0 Å². The number of hydrogen-bond acceptors (Lipinski definition) is 5. The minimum atomic E-state index is -0.680. The van der Waals surface area contributed by atoms with E-state index in [0.717, 1.165) is 0 Å². The highest BCUT2D eigenvalue weighted by molar-refractivity contribution is 6.33. The Bertz CT molecular complexity index is 497. The van der Waals surface area contributed by atoms with Gasteiger partial charge in [-0.2, -0.15) is 9.97 Å². The number of aliphatic hydroxyl groups excluding tert-OH is 1. The number of aromatic nitrogens is 4. The smallest absolute Gasteiger partial charge is 0.223 e. The predicted octanol–water partition coefficient (Wildman–Crippen LogP) is 0.963. The van der Waals surface area contributed by atoms with E-state index >= 15 is 0 Å². The van der Waals surface area contributed by atoms with E-state index in [0.29, 0.717) is 17.6 Å². The Morgan fingerprint density at radius 2 is 2.33 bits per heavy atom. The van der Waals surface area contributed by atoms with Crippen LogP contribution in [0.25, 0.3) is 11.2 Å². The third-order valence-electron chi connectivity index (χ3n) is 2.08. The van der Waals surface area contributed by atoms with Crippen LogP contribution in [0.15, 0.2) is 6.33 Å². The fourth-order valence-corrected chi connectivity index (χ4v) is 1.53. The van der Waals surface area contributed by atoms with Crippen LogP contribution in [0, 0.1) is 0 Å². The number of nitrogen functional groups attached to an aromatic ring is 1. The lowest BCUT2D eigenvalue weighted by molar-refractivity contribution is 0.103. The number of aliphatic hydroxyl groups is 1. The molecule has 2 heterocycles. The number of nitrogens with two attached hydrogens (primary N) is 1. The van der Waals surface area contributed by atoms with Gasteiger partial charge < -0.3 is 10.8 Å². The van der Waals surface area contributed by atoms with Crippen molar-refractivity contribution < 1.29 is 5.11 Å². The largest absolute Gasteiger partial charge is 0.373 e. The number of halogens is 1.